The predicted molar refractivity (Wildman–Crippen MR) is 57.0 cm³/mol. The van der Waals surface area contributed by atoms with Crippen molar-refractivity contribution in [2.75, 3.05) is 0 Å². The van der Waals surface area contributed by atoms with Crippen LogP contribution in [-0.4, -0.2) is 11.6 Å². The summed E-state index contributed by atoms with van der Waals surface area (Å²) in [5, 5.41) is 0. The number of esters is 1. The highest BCUT2D eigenvalue weighted by Gasteiger charge is 2.40. The number of rotatable bonds is 4. The molecule has 0 bridgehead atoms. The van der Waals surface area contributed by atoms with Gasteiger partial charge in [0.05, 0.1) is 0 Å². The van der Waals surface area contributed by atoms with E-state index < -0.39 is 0 Å². The molecule has 0 amide bonds. The van der Waals surface area contributed by atoms with Crippen molar-refractivity contribution in [3.05, 3.63) is 0 Å². The molecule has 0 spiro atoms. The summed E-state index contributed by atoms with van der Waals surface area (Å²) < 4.78 is 5.27. The molecule has 0 heterocycles. The van der Waals surface area contributed by atoms with Gasteiger partial charge in [0.1, 0.15) is 5.60 Å². The highest BCUT2D eigenvalue weighted by Crippen LogP contribution is 2.52. The molecule has 14 heavy (non-hydrogen) atoms. The van der Waals surface area contributed by atoms with Crippen LogP contribution in [0.5, 0.6) is 0 Å². The van der Waals surface area contributed by atoms with Gasteiger partial charge in [-0.15, -0.1) is 0 Å². The lowest BCUT2D eigenvalue weighted by molar-refractivity contribution is -0.155. The Morgan fingerprint density at radius 2 is 1.93 bits per heavy atom. The van der Waals surface area contributed by atoms with Gasteiger partial charge in [0.15, 0.2) is 0 Å². The summed E-state index contributed by atoms with van der Waals surface area (Å²) >= 11 is 0. The van der Waals surface area contributed by atoms with Gasteiger partial charge >= 0.3 is 5.97 Å². The zero-order valence-corrected chi connectivity index (χ0v) is 9.85. The van der Waals surface area contributed by atoms with E-state index in [-0.39, 0.29) is 11.6 Å². The van der Waals surface area contributed by atoms with Crippen molar-refractivity contribution < 1.29 is 9.53 Å². The fourth-order valence-corrected chi connectivity index (χ4v) is 1.72. The molecule has 82 valence electrons. The van der Waals surface area contributed by atoms with Crippen LogP contribution in [0.4, 0.5) is 0 Å². The van der Waals surface area contributed by atoms with E-state index in [1.165, 1.54) is 19.3 Å². The first kappa shape index (κ1) is 11.5. The van der Waals surface area contributed by atoms with Crippen LogP contribution in [0.3, 0.4) is 0 Å². The normalized spacial score (nSPS) is 19.1. The second-order valence-electron chi connectivity index (χ2n) is 5.44. The molecule has 2 heteroatoms. The van der Waals surface area contributed by atoms with Gasteiger partial charge in [-0.25, -0.2) is 0 Å². The lowest BCUT2D eigenvalue weighted by atomic mass is 9.97. The van der Waals surface area contributed by atoms with Crippen molar-refractivity contribution in [2.45, 2.75) is 65.4 Å². The molecule has 1 fully saturated rings. The topological polar surface area (TPSA) is 26.3 Å². The van der Waals surface area contributed by atoms with Gasteiger partial charge in [0, 0.05) is 6.42 Å². The number of carbonyl (C=O) groups is 1. The molecule has 1 aliphatic rings. The van der Waals surface area contributed by atoms with Gasteiger partial charge in [0.25, 0.3) is 0 Å². The molecule has 0 N–H and O–H groups in total. The zero-order chi connectivity index (χ0) is 10.8. The van der Waals surface area contributed by atoms with Gasteiger partial charge < -0.3 is 4.74 Å². The smallest absolute Gasteiger partial charge is 0.306 e. The first-order chi connectivity index (χ1) is 6.37. The van der Waals surface area contributed by atoms with E-state index in [1.807, 2.05) is 20.8 Å². The van der Waals surface area contributed by atoms with Crippen LogP contribution in [0.1, 0.15) is 59.8 Å². The third-order valence-electron chi connectivity index (χ3n) is 2.99. The van der Waals surface area contributed by atoms with Crippen LogP contribution in [0.25, 0.3) is 0 Å². The van der Waals surface area contributed by atoms with E-state index in [0.29, 0.717) is 11.8 Å². The monoisotopic (exact) mass is 198 g/mol. The Balaban J connectivity index is 2.22. The maximum Gasteiger partial charge on any atom is 0.306 e. The van der Waals surface area contributed by atoms with Crippen LogP contribution in [0.2, 0.25) is 0 Å². The second-order valence-corrected chi connectivity index (χ2v) is 5.44. The molecule has 1 aliphatic carbocycles. The zero-order valence-electron chi connectivity index (χ0n) is 9.85. The standard InChI is InChI=1S/C12H22O2/c1-5-12(8-9-12)7-6-10(13)14-11(2,3)4/h5-9H2,1-4H3. The number of carbonyl (C=O) groups excluding carboxylic acids is 1. The van der Waals surface area contributed by atoms with Crippen LogP contribution in [0.15, 0.2) is 0 Å². The van der Waals surface area contributed by atoms with E-state index in [0.717, 1.165) is 6.42 Å². The summed E-state index contributed by atoms with van der Waals surface area (Å²) in [4.78, 5) is 11.4. The summed E-state index contributed by atoms with van der Waals surface area (Å²) in [5.41, 5.74) is 0.164. The van der Waals surface area contributed by atoms with Crippen LogP contribution in [-0.2, 0) is 9.53 Å². The van der Waals surface area contributed by atoms with E-state index in [1.54, 1.807) is 0 Å². The Morgan fingerprint density at radius 3 is 2.29 bits per heavy atom. The number of hydrogen-bond acceptors (Lipinski definition) is 2. The van der Waals surface area contributed by atoms with Crippen molar-refractivity contribution in [1.29, 1.82) is 0 Å². The Labute approximate surface area is 87.0 Å². The van der Waals surface area contributed by atoms with Gasteiger partial charge in [0.2, 0.25) is 0 Å². The Bertz CT molecular complexity index is 209. The SMILES string of the molecule is CCC1(CCC(=O)OC(C)(C)C)CC1. The van der Waals surface area contributed by atoms with E-state index in [4.69, 9.17) is 4.74 Å². The Hall–Kier alpha value is -0.530. The molecule has 1 rings (SSSR count). The molecular weight excluding hydrogens is 176 g/mol. The van der Waals surface area contributed by atoms with Gasteiger partial charge in [-0.05, 0) is 45.4 Å². The molecule has 2 nitrogen and oxygen atoms in total. The van der Waals surface area contributed by atoms with Gasteiger partial charge in [-0.2, -0.15) is 0 Å². The molecule has 0 aromatic carbocycles. The van der Waals surface area contributed by atoms with Gasteiger partial charge in [-0.3, -0.25) is 4.79 Å². The maximum atomic E-state index is 11.4. The molecule has 1 saturated carbocycles. The lowest BCUT2D eigenvalue weighted by Gasteiger charge is -2.20. The molecule has 0 aliphatic heterocycles. The molecule has 0 unspecified atom stereocenters. The van der Waals surface area contributed by atoms with Crippen molar-refractivity contribution >= 4 is 5.97 Å². The fourth-order valence-electron chi connectivity index (χ4n) is 1.72. The van der Waals surface area contributed by atoms with Crippen LogP contribution < -0.4 is 0 Å². The van der Waals surface area contributed by atoms with Crippen LogP contribution >= 0.6 is 0 Å². The van der Waals surface area contributed by atoms with Crippen LogP contribution in [0, 0.1) is 5.41 Å². The van der Waals surface area contributed by atoms with Crippen molar-refractivity contribution in [1.82, 2.24) is 0 Å². The average Bonchev–Trinajstić information content (AvgIpc) is 2.78. The average molecular weight is 198 g/mol. The minimum absolute atomic E-state index is 0.0442. The molecular formula is C12H22O2. The summed E-state index contributed by atoms with van der Waals surface area (Å²) in [5.74, 6) is -0.0442. The molecule has 0 saturated heterocycles. The minimum Gasteiger partial charge on any atom is -0.460 e. The molecule has 0 atom stereocenters. The highest BCUT2D eigenvalue weighted by molar-refractivity contribution is 5.69. The van der Waals surface area contributed by atoms with Crippen molar-refractivity contribution in [3.8, 4) is 0 Å². The van der Waals surface area contributed by atoms with E-state index in [9.17, 15) is 4.79 Å². The summed E-state index contributed by atoms with van der Waals surface area (Å²) in [6.07, 6.45) is 5.40. The summed E-state index contributed by atoms with van der Waals surface area (Å²) in [6.45, 7) is 7.95. The molecule has 0 aromatic heterocycles. The highest BCUT2D eigenvalue weighted by atomic mass is 16.6. The first-order valence-electron chi connectivity index (χ1n) is 5.59. The molecule has 0 radical (unpaired) electrons. The van der Waals surface area contributed by atoms with Crippen molar-refractivity contribution in [3.63, 3.8) is 0 Å². The third-order valence-corrected chi connectivity index (χ3v) is 2.99. The first-order valence-corrected chi connectivity index (χ1v) is 5.59. The minimum atomic E-state index is -0.333. The number of ether oxygens (including phenoxy) is 1. The Kier molecular flexibility index (Phi) is 3.23. The fraction of sp³-hybridized carbons (Fsp3) is 0.917. The molecule has 0 aromatic rings. The summed E-state index contributed by atoms with van der Waals surface area (Å²) in [6, 6.07) is 0. The van der Waals surface area contributed by atoms with Crippen molar-refractivity contribution in [2.24, 2.45) is 5.41 Å². The predicted octanol–water partition coefficient (Wildman–Crippen LogP) is 3.30. The quantitative estimate of drug-likeness (QED) is 0.648. The number of hydrogen-bond donors (Lipinski definition) is 0. The largest absolute Gasteiger partial charge is 0.460 e. The second kappa shape index (κ2) is 3.92. The Morgan fingerprint density at radius 1 is 1.36 bits per heavy atom. The third kappa shape index (κ3) is 3.69. The maximum absolute atomic E-state index is 11.4. The van der Waals surface area contributed by atoms with Gasteiger partial charge in [-0.1, -0.05) is 13.3 Å². The summed E-state index contributed by atoms with van der Waals surface area (Å²) in [7, 11) is 0. The van der Waals surface area contributed by atoms with E-state index >= 15 is 0 Å². The van der Waals surface area contributed by atoms with E-state index in [2.05, 4.69) is 6.92 Å². The lowest BCUT2D eigenvalue weighted by Crippen LogP contribution is -2.24.